The summed E-state index contributed by atoms with van der Waals surface area (Å²) in [5, 5.41) is 2.91. The van der Waals surface area contributed by atoms with Crippen LogP contribution in [0.15, 0.2) is 18.2 Å². The highest BCUT2D eigenvalue weighted by atomic mass is 35.5. The lowest BCUT2D eigenvalue weighted by Crippen LogP contribution is -2.33. The molecule has 1 aromatic rings. The van der Waals surface area contributed by atoms with Gasteiger partial charge in [-0.15, -0.1) is 11.6 Å². The largest absolute Gasteiger partial charge is 0.303 e. The monoisotopic (exact) mass is 233 g/mol. The molecule has 0 atom stereocenters. The third-order valence-electron chi connectivity index (χ3n) is 2.32. The molecule has 0 saturated heterocycles. The summed E-state index contributed by atoms with van der Waals surface area (Å²) in [6.07, 6.45) is 0. The van der Waals surface area contributed by atoms with Crippen molar-refractivity contribution in [3.05, 3.63) is 35.4 Å². The summed E-state index contributed by atoms with van der Waals surface area (Å²) in [6.45, 7) is 4.17. The highest BCUT2D eigenvalue weighted by molar-refractivity contribution is 6.17. The molecule has 0 aromatic heterocycles. The van der Waals surface area contributed by atoms with E-state index in [-0.39, 0.29) is 0 Å². The Labute approximate surface area is 93.4 Å². The van der Waals surface area contributed by atoms with Crippen molar-refractivity contribution in [2.45, 2.75) is 19.3 Å². The van der Waals surface area contributed by atoms with Crippen LogP contribution in [-0.4, -0.2) is 12.5 Å². The van der Waals surface area contributed by atoms with Crippen molar-refractivity contribution in [3.63, 3.8) is 0 Å². The Bertz CT molecular complexity index is 339. The molecule has 0 radical (unpaired) electrons. The molecule has 1 aromatic carbocycles. The first kappa shape index (κ1) is 12.4. The second-order valence-corrected chi connectivity index (χ2v) is 4.34. The van der Waals surface area contributed by atoms with Crippen molar-refractivity contribution < 1.29 is 8.78 Å². The van der Waals surface area contributed by atoms with Gasteiger partial charge in [-0.1, -0.05) is 13.8 Å². The topological polar surface area (TPSA) is 12.0 Å². The SMILES string of the molecule is CC(C)(CNCCl)c1cc(F)ccc1F. The third kappa shape index (κ3) is 3.14. The summed E-state index contributed by atoms with van der Waals surface area (Å²) in [5.41, 5.74) is -0.124. The Morgan fingerprint density at radius 1 is 1.33 bits per heavy atom. The maximum absolute atomic E-state index is 13.5. The van der Waals surface area contributed by atoms with Crippen LogP contribution < -0.4 is 5.32 Å². The number of rotatable bonds is 4. The van der Waals surface area contributed by atoms with Gasteiger partial charge in [0.05, 0.1) is 6.00 Å². The molecule has 1 rings (SSSR count). The molecule has 0 unspecified atom stereocenters. The molecular formula is C11H14ClF2N. The first-order valence-electron chi connectivity index (χ1n) is 4.69. The second kappa shape index (κ2) is 4.90. The minimum atomic E-state index is -0.485. The summed E-state index contributed by atoms with van der Waals surface area (Å²) in [5.74, 6) is -0.817. The number of nitrogens with one attached hydrogen (secondary N) is 1. The van der Waals surface area contributed by atoms with E-state index in [9.17, 15) is 8.78 Å². The van der Waals surface area contributed by atoms with Crippen molar-refractivity contribution in [1.29, 1.82) is 0 Å². The van der Waals surface area contributed by atoms with Crippen LogP contribution in [0.5, 0.6) is 0 Å². The zero-order chi connectivity index (χ0) is 11.5. The molecule has 1 nitrogen and oxygen atoms in total. The van der Waals surface area contributed by atoms with Gasteiger partial charge < -0.3 is 5.32 Å². The Morgan fingerprint density at radius 2 is 2.00 bits per heavy atom. The zero-order valence-electron chi connectivity index (χ0n) is 8.78. The molecule has 84 valence electrons. The maximum Gasteiger partial charge on any atom is 0.127 e. The predicted molar refractivity (Wildman–Crippen MR) is 58.1 cm³/mol. The lowest BCUT2D eigenvalue weighted by atomic mass is 9.84. The summed E-state index contributed by atoms with van der Waals surface area (Å²) in [6, 6.07) is 3.78. The lowest BCUT2D eigenvalue weighted by Gasteiger charge is -2.25. The van der Waals surface area contributed by atoms with Gasteiger partial charge in [-0.05, 0) is 23.8 Å². The average molecular weight is 234 g/mol. The minimum Gasteiger partial charge on any atom is -0.303 e. The van der Waals surface area contributed by atoms with Gasteiger partial charge >= 0.3 is 0 Å². The zero-order valence-corrected chi connectivity index (χ0v) is 9.54. The molecule has 0 amide bonds. The van der Waals surface area contributed by atoms with E-state index in [4.69, 9.17) is 11.6 Å². The minimum absolute atomic E-state index is 0.292. The van der Waals surface area contributed by atoms with E-state index in [1.54, 1.807) is 0 Å². The maximum atomic E-state index is 13.5. The normalized spacial score (nSPS) is 11.8. The van der Waals surface area contributed by atoms with Crippen LogP contribution >= 0.6 is 11.6 Å². The summed E-state index contributed by atoms with van der Waals surface area (Å²) < 4.78 is 26.5. The van der Waals surface area contributed by atoms with Crippen LogP contribution in [0.25, 0.3) is 0 Å². The van der Waals surface area contributed by atoms with E-state index < -0.39 is 17.0 Å². The van der Waals surface area contributed by atoms with Crippen LogP contribution in [0.1, 0.15) is 19.4 Å². The fourth-order valence-corrected chi connectivity index (χ4v) is 1.57. The molecule has 0 spiro atoms. The Hall–Kier alpha value is -0.670. The third-order valence-corrected chi connectivity index (χ3v) is 2.51. The van der Waals surface area contributed by atoms with Crippen molar-refractivity contribution in [3.8, 4) is 0 Å². The van der Waals surface area contributed by atoms with E-state index in [2.05, 4.69) is 5.32 Å². The quantitative estimate of drug-likeness (QED) is 0.623. The standard InChI is InChI=1S/C11H14ClF2N/c1-11(2,6-15-7-12)9-5-8(13)3-4-10(9)14/h3-5,15H,6-7H2,1-2H3. The molecule has 0 fully saturated rings. The van der Waals surface area contributed by atoms with E-state index in [0.717, 1.165) is 12.1 Å². The van der Waals surface area contributed by atoms with Crippen molar-refractivity contribution in [1.82, 2.24) is 5.32 Å². The highest BCUT2D eigenvalue weighted by Crippen LogP contribution is 2.25. The Balaban J connectivity index is 2.97. The van der Waals surface area contributed by atoms with Crippen LogP contribution in [0.3, 0.4) is 0 Å². The van der Waals surface area contributed by atoms with Crippen LogP contribution in [0.2, 0.25) is 0 Å². The fraction of sp³-hybridized carbons (Fsp3) is 0.455. The predicted octanol–water partition coefficient (Wildman–Crippen LogP) is 3.03. The van der Waals surface area contributed by atoms with Gasteiger partial charge in [-0.3, -0.25) is 0 Å². The molecule has 0 saturated carbocycles. The van der Waals surface area contributed by atoms with E-state index in [1.165, 1.54) is 6.07 Å². The fourth-order valence-electron chi connectivity index (χ4n) is 1.47. The van der Waals surface area contributed by atoms with Crippen LogP contribution in [0.4, 0.5) is 8.78 Å². The molecule has 1 N–H and O–H groups in total. The van der Waals surface area contributed by atoms with Gasteiger partial charge in [0, 0.05) is 12.0 Å². The van der Waals surface area contributed by atoms with Gasteiger partial charge in [-0.25, -0.2) is 8.78 Å². The summed E-state index contributed by atoms with van der Waals surface area (Å²) in [7, 11) is 0. The molecule has 0 bridgehead atoms. The molecule has 0 aliphatic heterocycles. The van der Waals surface area contributed by atoms with Crippen molar-refractivity contribution in [2.24, 2.45) is 0 Å². The summed E-state index contributed by atoms with van der Waals surface area (Å²) >= 11 is 5.49. The molecular weight excluding hydrogens is 220 g/mol. The summed E-state index contributed by atoms with van der Waals surface area (Å²) in [4.78, 5) is 0. The van der Waals surface area contributed by atoms with E-state index in [1.807, 2.05) is 13.8 Å². The van der Waals surface area contributed by atoms with Gasteiger partial charge in [0.25, 0.3) is 0 Å². The Kier molecular flexibility index (Phi) is 4.05. The number of benzene rings is 1. The number of alkyl halides is 1. The molecule has 0 aliphatic rings. The van der Waals surface area contributed by atoms with Gasteiger partial charge in [-0.2, -0.15) is 0 Å². The van der Waals surface area contributed by atoms with Crippen molar-refractivity contribution in [2.75, 3.05) is 12.5 Å². The second-order valence-electron chi connectivity index (χ2n) is 4.07. The molecule has 0 aliphatic carbocycles. The number of hydrogen-bond acceptors (Lipinski definition) is 1. The van der Waals surface area contributed by atoms with Crippen LogP contribution in [0, 0.1) is 11.6 Å². The van der Waals surface area contributed by atoms with E-state index >= 15 is 0 Å². The van der Waals surface area contributed by atoms with E-state index in [0.29, 0.717) is 18.1 Å². The molecule has 15 heavy (non-hydrogen) atoms. The van der Waals surface area contributed by atoms with Gasteiger partial charge in [0.15, 0.2) is 0 Å². The van der Waals surface area contributed by atoms with Crippen LogP contribution in [-0.2, 0) is 5.41 Å². The van der Waals surface area contributed by atoms with Gasteiger partial charge in [0.2, 0.25) is 0 Å². The molecule has 0 heterocycles. The lowest BCUT2D eigenvalue weighted by molar-refractivity contribution is 0.454. The average Bonchev–Trinajstić information content (AvgIpc) is 2.18. The van der Waals surface area contributed by atoms with Gasteiger partial charge in [0.1, 0.15) is 11.6 Å². The number of halogens is 3. The highest BCUT2D eigenvalue weighted by Gasteiger charge is 2.24. The Morgan fingerprint density at radius 3 is 2.60 bits per heavy atom. The first-order chi connectivity index (χ1) is 6.97. The number of hydrogen-bond donors (Lipinski definition) is 1. The smallest absolute Gasteiger partial charge is 0.127 e. The first-order valence-corrected chi connectivity index (χ1v) is 5.23. The van der Waals surface area contributed by atoms with Crippen molar-refractivity contribution >= 4 is 11.6 Å². The molecule has 4 heteroatoms.